The molecule has 0 aliphatic carbocycles. The third kappa shape index (κ3) is 11.4. The van der Waals surface area contributed by atoms with Gasteiger partial charge >= 0.3 is 6.18 Å². The number of piperazine rings is 1. The highest BCUT2D eigenvalue weighted by Gasteiger charge is 2.32. The van der Waals surface area contributed by atoms with Crippen molar-refractivity contribution in [3.8, 4) is 5.75 Å². The van der Waals surface area contributed by atoms with Crippen LogP contribution < -0.4 is 9.64 Å². The fourth-order valence-corrected chi connectivity index (χ4v) is 6.40. The number of nitrogens with zero attached hydrogens (tertiary/aromatic N) is 4. The summed E-state index contributed by atoms with van der Waals surface area (Å²) in [5, 5.41) is 0. The van der Waals surface area contributed by atoms with Gasteiger partial charge in [-0.15, -0.1) is 0 Å². The van der Waals surface area contributed by atoms with E-state index in [1.807, 2.05) is 59.5 Å². The van der Waals surface area contributed by atoms with E-state index in [1.54, 1.807) is 20.0 Å². The Morgan fingerprint density at radius 1 is 0.857 bits per heavy atom. The Morgan fingerprint density at radius 3 is 2.12 bits per heavy atom. The van der Waals surface area contributed by atoms with E-state index in [1.165, 1.54) is 53.3 Å². The molecule has 1 aliphatic rings. The zero-order valence-electron chi connectivity index (χ0n) is 31.7. The standard InChI is InChI=1S/C43H46F4N4O5/c1-31(52)49-21-23-50(24-22-49)37-17-11-34(12-18-37)29-51(41(53)20-14-32-9-15-36(16-10-32)43(45,46)47)39(28-33-7-5-4-6-8-33)42(54)48(2)25-26-56-30-35-13-19-40(55-3)38(44)27-35/h4-20,27,39H,21-26,28-30H2,1-3H3/t39-/m0/s1. The van der Waals surface area contributed by atoms with Crippen molar-refractivity contribution in [3.63, 3.8) is 0 Å². The third-order valence-corrected chi connectivity index (χ3v) is 9.68. The second-order valence-corrected chi connectivity index (χ2v) is 13.6. The SMILES string of the molecule is COc1ccc(COCCN(C)C(=O)[C@H](Cc2ccccc2)N(Cc2ccc(N3CCN(C(C)=O)CC3)cc2)C(=O)C=Cc2ccc(C(F)(F)F)cc2)cc1F. The molecule has 56 heavy (non-hydrogen) atoms. The third-order valence-electron chi connectivity index (χ3n) is 9.68. The van der Waals surface area contributed by atoms with Gasteiger partial charge in [0.05, 0.1) is 25.9 Å². The second kappa shape index (κ2) is 19.3. The first-order valence-corrected chi connectivity index (χ1v) is 18.3. The Kier molecular flexibility index (Phi) is 14.3. The van der Waals surface area contributed by atoms with Gasteiger partial charge < -0.3 is 29.1 Å². The number of methoxy groups -OCH3 is 1. The van der Waals surface area contributed by atoms with Crippen LogP contribution in [0.2, 0.25) is 0 Å². The molecule has 13 heteroatoms. The van der Waals surface area contributed by atoms with Gasteiger partial charge in [-0.3, -0.25) is 14.4 Å². The average molecular weight is 775 g/mol. The highest BCUT2D eigenvalue weighted by Crippen LogP contribution is 2.29. The number of amides is 3. The highest BCUT2D eigenvalue weighted by atomic mass is 19.4. The Labute approximate surface area is 324 Å². The zero-order valence-corrected chi connectivity index (χ0v) is 31.7. The summed E-state index contributed by atoms with van der Waals surface area (Å²) in [6, 6.07) is 25.0. The van der Waals surface area contributed by atoms with Gasteiger partial charge in [0.2, 0.25) is 17.7 Å². The first-order chi connectivity index (χ1) is 26.8. The number of likely N-dealkylation sites (N-methyl/N-ethyl adjacent to an activating group) is 1. The van der Waals surface area contributed by atoms with Gasteiger partial charge in [-0.2, -0.15) is 13.2 Å². The van der Waals surface area contributed by atoms with Gasteiger partial charge in [-0.1, -0.05) is 60.7 Å². The molecule has 0 radical (unpaired) electrons. The van der Waals surface area contributed by atoms with Gasteiger partial charge in [-0.05, 0) is 64.7 Å². The van der Waals surface area contributed by atoms with E-state index in [4.69, 9.17) is 9.47 Å². The van der Waals surface area contributed by atoms with Crippen molar-refractivity contribution in [2.45, 2.75) is 38.7 Å². The molecule has 0 aromatic heterocycles. The van der Waals surface area contributed by atoms with Crippen LogP contribution >= 0.6 is 0 Å². The number of hydrogen-bond donors (Lipinski definition) is 0. The number of halogens is 4. The van der Waals surface area contributed by atoms with E-state index in [9.17, 15) is 31.9 Å². The number of benzene rings is 4. The summed E-state index contributed by atoms with van der Waals surface area (Å²) in [6.45, 7) is 4.64. The van der Waals surface area contributed by atoms with Crippen molar-refractivity contribution < 1.29 is 41.4 Å². The maximum atomic E-state index is 14.4. The van der Waals surface area contributed by atoms with Gasteiger partial charge in [0.15, 0.2) is 11.6 Å². The van der Waals surface area contributed by atoms with E-state index >= 15 is 0 Å². The number of carbonyl (C=O) groups excluding carboxylic acids is 3. The lowest BCUT2D eigenvalue weighted by Gasteiger charge is -2.36. The summed E-state index contributed by atoms with van der Waals surface area (Å²) in [4.78, 5) is 47.3. The zero-order chi connectivity index (χ0) is 40.2. The number of anilines is 1. The van der Waals surface area contributed by atoms with Crippen LogP contribution in [0.4, 0.5) is 23.2 Å². The minimum atomic E-state index is -4.50. The fourth-order valence-electron chi connectivity index (χ4n) is 6.40. The topological polar surface area (TPSA) is 82.6 Å². The molecule has 0 N–H and O–H groups in total. The Balaban J connectivity index is 1.37. The molecule has 0 bridgehead atoms. The molecule has 0 spiro atoms. The maximum Gasteiger partial charge on any atom is 0.416 e. The quantitative estimate of drug-likeness (QED) is 0.0748. The normalized spacial score (nSPS) is 13.8. The van der Waals surface area contributed by atoms with Crippen LogP contribution in [-0.2, 0) is 44.9 Å². The maximum absolute atomic E-state index is 14.4. The minimum absolute atomic E-state index is 0.0418. The molecule has 4 aromatic rings. The lowest BCUT2D eigenvalue weighted by Crippen LogP contribution is -2.51. The van der Waals surface area contributed by atoms with Crippen LogP contribution in [0.3, 0.4) is 0 Å². The van der Waals surface area contributed by atoms with E-state index in [0.29, 0.717) is 37.3 Å². The fraction of sp³-hybridized carbons (Fsp3) is 0.326. The largest absolute Gasteiger partial charge is 0.494 e. The molecular formula is C43H46F4N4O5. The van der Waals surface area contributed by atoms with E-state index in [2.05, 4.69) is 4.90 Å². The van der Waals surface area contributed by atoms with Crippen LogP contribution in [0.25, 0.3) is 6.08 Å². The summed E-state index contributed by atoms with van der Waals surface area (Å²) in [5.41, 5.74) is 2.73. The van der Waals surface area contributed by atoms with Crippen molar-refractivity contribution in [1.82, 2.24) is 14.7 Å². The monoisotopic (exact) mass is 774 g/mol. The molecule has 1 fully saturated rings. The van der Waals surface area contributed by atoms with Crippen molar-refractivity contribution >= 4 is 29.5 Å². The summed E-state index contributed by atoms with van der Waals surface area (Å²) in [7, 11) is 3.01. The number of rotatable bonds is 15. The van der Waals surface area contributed by atoms with Crippen molar-refractivity contribution in [3.05, 3.63) is 137 Å². The van der Waals surface area contributed by atoms with Crippen LogP contribution in [0, 0.1) is 5.82 Å². The number of carbonyl (C=O) groups is 3. The Hall–Kier alpha value is -5.69. The molecule has 4 aromatic carbocycles. The van der Waals surface area contributed by atoms with Gasteiger partial charge in [0, 0.05) is 71.4 Å². The molecule has 0 saturated carbocycles. The van der Waals surface area contributed by atoms with Crippen molar-refractivity contribution in [2.75, 3.05) is 58.4 Å². The Morgan fingerprint density at radius 2 is 1.52 bits per heavy atom. The van der Waals surface area contributed by atoms with E-state index in [0.717, 1.165) is 28.9 Å². The van der Waals surface area contributed by atoms with Gasteiger partial charge in [-0.25, -0.2) is 4.39 Å². The predicted molar refractivity (Wildman–Crippen MR) is 206 cm³/mol. The van der Waals surface area contributed by atoms with E-state index in [-0.39, 0.29) is 50.3 Å². The van der Waals surface area contributed by atoms with Crippen molar-refractivity contribution in [2.24, 2.45) is 0 Å². The summed E-state index contributed by atoms with van der Waals surface area (Å²) in [5.74, 6) is -1.19. The Bertz CT molecular complexity index is 1950. The van der Waals surface area contributed by atoms with Gasteiger partial charge in [0.25, 0.3) is 0 Å². The van der Waals surface area contributed by atoms with Crippen LogP contribution in [0.5, 0.6) is 5.75 Å². The molecule has 5 rings (SSSR count). The first-order valence-electron chi connectivity index (χ1n) is 18.3. The van der Waals surface area contributed by atoms with Gasteiger partial charge in [0.1, 0.15) is 6.04 Å². The summed E-state index contributed by atoms with van der Waals surface area (Å²) >= 11 is 0. The molecule has 0 unspecified atom stereocenters. The number of ether oxygens (including phenoxy) is 2. The summed E-state index contributed by atoms with van der Waals surface area (Å²) < 4.78 is 64.5. The highest BCUT2D eigenvalue weighted by molar-refractivity contribution is 5.95. The molecule has 1 saturated heterocycles. The smallest absolute Gasteiger partial charge is 0.416 e. The van der Waals surface area contributed by atoms with Crippen LogP contribution in [0.1, 0.15) is 34.7 Å². The molecule has 3 amide bonds. The lowest BCUT2D eigenvalue weighted by atomic mass is 10.0. The number of alkyl halides is 3. The molecule has 296 valence electrons. The van der Waals surface area contributed by atoms with E-state index < -0.39 is 29.5 Å². The molecule has 9 nitrogen and oxygen atoms in total. The molecular weight excluding hydrogens is 728 g/mol. The van der Waals surface area contributed by atoms with Crippen molar-refractivity contribution in [1.29, 1.82) is 0 Å². The predicted octanol–water partition coefficient (Wildman–Crippen LogP) is 6.85. The first kappa shape index (κ1) is 41.5. The molecule has 1 heterocycles. The second-order valence-electron chi connectivity index (χ2n) is 13.6. The molecule has 1 atom stereocenters. The van der Waals surface area contributed by atoms with Crippen LogP contribution in [0.15, 0.2) is 103 Å². The summed E-state index contributed by atoms with van der Waals surface area (Å²) in [6.07, 6.45) is -1.60. The van der Waals surface area contributed by atoms with Crippen LogP contribution in [-0.4, -0.2) is 92.0 Å². The lowest BCUT2D eigenvalue weighted by molar-refractivity contribution is -0.143. The molecule has 1 aliphatic heterocycles. The number of hydrogen-bond acceptors (Lipinski definition) is 6. The minimum Gasteiger partial charge on any atom is -0.494 e. The average Bonchev–Trinajstić information content (AvgIpc) is 3.20.